The van der Waals surface area contributed by atoms with Gasteiger partial charge in [0.2, 0.25) is 5.91 Å². The Balaban J connectivity index is 3.60. The maximum absolute atomic E-state index is 11.0. The second-order valence-corrected chi connectivity index (χ2v) is 4.33. The topological polar surface area (TPSA) is 49.3 Å². The first-order valence-electron chi connectivity index (χ1n) is 3.95. The van der Waals surface area contributed by atoms with E-state index >= 15 is 0 Å². The van der Waals surface area contributed by atoms with E-state index in [0.717, 1.165) is 0 Å². The average Bonchev–Trinajstić information content (AvgIpc) is 2.02. The lowest BCUT2D eigenvalue weighted by Crippen LogP contribution is -2.36. The number of aliphatic hydroxyl groups is 1. The van der Waals surface area contributed by atoms with Crippen LogP contribution in [0, 0.1) is 5.41 Å². The van der Waals surface area contributed by atoms with E-state index in [4.69, 9.17) is 5.11 Å². The number of nitrogens with one attached hydrogen (secondary N) is 1. The third-order valence-corrected chi connectivity index (χ3v) is 1.91. The Labute approximate surface area is 81.7 Å². The van der Waals surface area contributed by atoms with E-state index in [1.54, 1.807) is 0 Å². The summed E-state index contributed by atoms with van der Waals surface area (Å²) >= 11 is 3.18. The highest BCUT2D eigenvalue weighted by Gasteiger charge is 2.16. The molecule has 0 fully saturated rings. The van der Waals surface area contributed by atoms with Crippen molar-refractivity contribution in [2.75, 3.05) is 18.5 Å². The van der Waals surface area contributed by atoms with E-state index in [9.17, 15) is 4.79 Å². The Morgan fingerprint density at radius 2 is 2.17 bits per heavy atom. The highest BCUT2D eigenvalue weighted by Crippen LogP contribution is 2.10. The first-order valence-corrected chi connectivity index (χ1v) is 5.07. The summed E-state index contributed by atoms with van der Waals surface area (Å²) in [6.45, 7) is 4.42. The first-order chi connectivity index (χ1) is 5.52. The largest absolute Gasteiger partial charge is 0.396 e. The van der Waals surface area contributed by atoms with Crippen LogP contribution in [0.1, 0.15) is 20.3 Å². The Bertz CT molecular complexity index is 148. The molecule has 0 aliphatic heterocycles. The van der Waals surface area contributed by atoms with Gasteiger partial charge in [-0.05, 0) is 0 Å². The minimum atomic E-state index is -0.220. The molecule has 0 radical (unpaired) electrons. The normalized spacial score (nSPS) is 11.3. The number of alkyl halides is 1. The molecule has 0 aliphatic carbocycles. The van der Waals surface area contributed by atoms with Crippen molar-refractivity contribution >= 4 is 21.8 Å². The Hall–Kier alpha value is -0.0900. The van der Waals surface area contributed by atoms with Crippen LogP contribution in [-0.2, 0) is 4.79 Å². The van der Waals surface area contributed by atoms with E-state index in [1.807, 2.05) is 13.8 Å². The molecule has 0 saturated heterocycles. The highest BCUT2D eigenvalue weighted by molar-refractivity contribution is 9.09. The summed E-state index contributed by atoms with van der Waals surface area (Å²) < 4.78 is 0. The predicted octanol–water partition coefficient (Wildman–Crippen LogP) is 0.906. The van der Waals surface area contributed by atoms with Crippen LogP contribution in [0.2, 0.25) is 0 Å². The molecule has 0 aromatic heterocycles. The Morgan fingerprint density at radius 3 is 2.58 bits per heavy atom. The second-order valence-electron chi connectivity index (χ2n) is 3.54. The minimum absolute atomic E-state index is 0.0217. The van der Waals surface area contributed by atoms with Crippen molar-refractivity contribution in [2.45, 2.75) is 20.3 Å². The predicted molar refractivity (Wildman–Crippen MR) is 52.3 cm³/mol. The van der Waals surface area contributed by atoms with Gasteiger partial charge in [0.1, 0.15) is 0 Å². The summed E-state index contributed by atoms with van der Waals surface area (Å²) in [5.74, 6) is 0.0217. The summed E-state index contributed by atoms with van der Waals surface area (Å²) in [7, 11) is 0. The zero-order valence-corrected chi connectivity index (χ0v) is 9.15. The van der Waals surface area contributed by atoms with E-state index in [1.165, 1.54) is 0 Å². The van der Waals surface area contributed by atoms with Gasteiger partial charge in [0.25, 0.3) is 0 Å². The maximum atomic E-state index is 11.0. The molecule has 1 amide bonds. The molecule has 4 heteroatoms. The molecule has 0 aromatic carbocycles. The number of halogens is 1. The van der Waals surface area contributed by atoms with Crippen molar-refractivity contribution < 1.29 is 9.90 Å². The molecule has 0 saturated carbocycles. The van der Waals surface area contributed by atoms with E-state index in [-0.39, 0.29) is 17.9 Å². The van der Waals surface area contributed by atoms with E-state index in [0.29, 0.717) is 18.3 Å². The molecule has 12 heavy (non-hydrogen) atoms. The molecule has 0 spiro atoms. The minimum Gasteiger partial charge on any atom is -0.396 e. The fourth-order valence-corrected chi connectivity index (χ4v) is 0.928. The van der Waals surface area contributed by atoms with Gasteiger partial charge in [-0.2, -0.15) is 0 Å². The number of amides is 1. The van der Waals surface area contributed by atoms with Gasteiger partial charge in [0, 0.05) is 30.3 Å². The maximum Gasteiger partial charge on any atom is 0.220 e. The van der Waals surface area contributed by atoms with Crippen molar-refractivity contribution in [1.82, 2.24) is 5.32 Å². The number of rotatable bonds is 5. The van der Waals surface area contributed by atoms with Gasteiger partial charge in [0.05, 0.1) is 0 Å². The smallest absolute Gasteiger partial charge is 0.220 e. The van der Waals surface area contributed by atoms with Gasteiger partial charge in [0.15, 0.2) is 0 Å². The van der Waals surface area contributed by atoms with Gasteiger partial charge >= 0.3 is 0 Å². The molecule has 0 heterocycles. The summed E-state index contributed by atoms with van der Waals surface area (Å²) in [6, 6.07) is 0. The number of carbonyl (C=O) groups is 1. The molecule has 2 N–H and O–H groups in total. The molecule has 0 bridgehead atoms. The fraction of sp³-hybridized carbons (Fsp3) is 0.875. The van der Waals surface area contributed by atoms with Crippen LogP contribution >= 0.6 is 15.9 Å². The van der Waals surface area contributed by atoms with Crippen molar-refractivity contribution in [3.05, 3.63) is 0 Å². The van der Waals surface area contributed by atoms with E-state index in [2.05, 4.69) is 21.2 Å². The standard InChI is InChI=1S/C8H16BrNO2/c1-8(2,6-11)5-10-7(12)3-4-9/h11H,3-6H2,1-2H3,(H,10,12). The fourth-order valence-electron chi connectivity index (χ4n) is 0.568. The van der Waals surface area contributed by atoms with Gasteiger partial charge in [-0.25, -0.2) is 0 Å². The van der Waals surface area contributed by atoms with Gasteiger partial charge in [-0.15, -0.1) is 0 Å². The number of aliphatic hydroxyl groups excluding tert-OH is 1. The second kappa shape index (κ2) is 5.54. The molecule has 3 nitrogen and oxygen atoms in total. The first kappa shape index (κ1) is 11.9. The quantitative estimate of drug-likeness (QED) is 0.699. The summed E-state index contributed by atoms with van der Waals surface area (Å²) in [5, 5.41) is 12.3. The molecule has 0 rings (SSSR count). The van der Waals surface area contributed by atoms with E-state index < -0.39 is 0 Å². The highest BCUT2D eigenvalue weighted by atomic mass is 79.9. The third-order valence-electron chi connectivity index (χ3n) is 1.51. The van der Waals surface area contributed by atoms with Gasteiger partial charge < -0.3 is 10.4 Å². The number of carbonyl (C=O) groups excluding carboxylic acids is 1. The van der Waals surface area contributed by atoms with Crippen LogP contribution < -0.4 is 5.32 Å². The zero-order valence-electron chi connectivity index (χ0n) is 7.56. The van der Waals surface area contributed by atoms with Crippen molar-refractivity contribution in [1.29, 1.82) is 0 Å². The Morgan fingerprint density at radius 1 is 1.58 bits per heavy atom. The molecular formula is C8H16BrNO2. The van der Waals surface area contributed by atoms with Crippen molar-refractivity contribution in [2.24, 2.45) is 5.41 Å². The van der Waals surface area contributed by atoms with Crippen molar-refractivity contribution in [3.8, 4) is 0 Å². The zero-order chi connectivity index (χ0) is 9.61. The lowest BCUT2D eigenvalue weighted by molar-refractivity contribution is -0.121. The lowest BCUT2D eigenvalue weighted by Gasteiger charge is -2.21. The number of hydrogen-bond donors (Lipinski definition) is 2. The van der Waals surface area contributed by atoms with Crippen LogP contribution in [0.15, 0.2) is 0 Å². The lowest BCUT2D eigenvalue weighted by atomic mass is 9.95. The molecule has 72 valence electrons. The third kappa shape index (κ3) is 5.55. The van der Waals surface area contributed by atoms with Crippen LogP contribution in [0.3, 0.4) is 0 Å². The SMILES string of the molecule is CC(C)(CO)CNC(=O)CCBr. The van der Waals surface area contributed by atoms with Gasteiger partial charge in [-0.3, -0.25) is 4.79 Å². The molecule has 0 aromatic rings. The van der Waals surface area contributed by atoms with Crippen LogP contribution in [0.4, 0.5) is 0 Å². The monoisotopic (exact) mass is 237 g/mol. The van der Waals surface area contributed by atoms with Gasteiger partial charge in [-0.1, -0.05) is 29.8 Å². The van der Waals surface area contributed by atoms with Crippen LogP contribution in [0.5, 0.6) is 0 Å². The Kier molecular flexibility index (Phi) is 5.50. The van der Waals surface area contributed by atoms with Crippen molar-refractivity contribution in [3.63, 3.8) is 0 Å². The summed E-state index contributed by atoms with van der Waals surface area (Å²) in [4.78, 5) is 11.0. The molecule has 0 unspecified atom stereocenters. The van der Waals surface area contributed by atoms with Crippen LogP contribution in [-0.4, -0.2) is 29.5 Å². The molecular weight excluding hydrogens is 222 g/mol. The number of hydrogen-bond acceptors (Lipinski definition) is 2. The summed E-state index contributed by atoms with van der Waals surface area (Å²) in [5.41, 5.74) is -0.220. The average molecular weight is 238 g/mol. The summed E-state index contributed by atoms with van der Waals surface area (Å²) in [6.07, 6.45) is 0.488. The van der Waals surface area contributed by atoms with Crippen LogP contribution in [0.25, 0.3) is 0 Å². The molecule has 0 aliphatic rings. The molecule has 0 atom stereocenters.